The molecule has 0 atom stereocenters. The number of benzene rings is 2. The summed E-state index contributed by atoms with van der Waals surface area (Å²) in [6, 6.07) is 20.6. The lowest BCUT2D eigenvalue weighted by Gasteiger charge is -2.19. The molecule has 0 spiro atoms. The number of imidazole rings is 1. The number of halogens is 1. The maximum absolute atomic E-state index is 13.8. The monoisotopic (exact) mass is 551 g/mol. The Morgan fingerprint density at radius 2 is 1.73 bits per heavy atom. The molecule has 0 aliphatic heterocycles. The number of likely N-dealkylation sites (N-methyl/N-ethyl adjacent to an activating group) is 2. The summed E-state index contributed by atoms with van der Waals surface area (Å²) in [5.41, 5.74) is 7.14. The van der Waals surface area contributed by atoms with E-state index in [2.05, 4.69) is 41.5 Å². The minimum atomic E-state index is -0.308. The number of fused-ring (bicyclic) bond motifs is 1. The Morgan fingerprint density at radius 3 is 2.49 bits per heavy atom. The molecule has 210 valence electrons. The number of amides is 1. The molecule has 2 aromatic carbocycles. The standard InChI is InChI=1S/C32H34FN7O/c1-5-22-7-6-8-23(17-22)19-35-32-34-15-13-27(36-32)31-30(25-9-11-26(33)12-10-25)37-28-18-24(14-16-40(28)31)20-39(4)21-29(41)38(2)3/h6-18H,5,19-21H2,1-4H3,(H,34,35,36). The summed E-state index contributed by atoms with van der Waals surface area (Å²) in [7, 11) is 5.42. The van der Waals surface area contributed by atoms with E-state index in [-0.39, 0.29) is 11.7 Å². The van der Waals surface area contributed by atoms with Gasteiger partial charge in [0.25, 0.3) is 0 Å². The van der Waals surface area contributed by atoms with E-state index in [4.69, 9.17) is 9.97 Å². The van der Waals surface area contributed by atoms with Crippen LogP contribution in [0, 0.1) is 5.82 Å². The average Bonchev–Trinajstić information content (AvgIpc) is 3.35. The highest BCUT2D eigenvalue weighted by molar-refractivity contribution is 5.81. The first-order valence-corrected chi connectivity index (χ1v) is 13.6. The molecule has 0 fully saturated rings. The lowest BCUT2D eigenvalue weighted by atomic mass is 10.1. The molecule has 0 bridgehead atoms. The second-order valence-corrected chi connectivity index (χ2v) is 10.3. The van der Waals surface area contributed by atoms with Crippen LogP contribution >= 0.6 is 0 Å². The molecule has 1 N–H and O–H groups in total. The predicted octanol–water partition coefficient (Wildman–Crippen LogP) is 5.29. The summed E-state index contributed by atoms with van der Waals surface area (Å²) in [4.78, 5) is 29.9. The molecule has 0 saturated heterocycles. The molecule has 0 saturated carbocycles. The fourth-order valence-electron chi connectivity index (χ4n) is 4.70. The molecule has 8 nitrogen and oxygen atoms in total. The summed E-state index contributed by atoms with van der Waals surface area (Å²) in [5.74, 6) is 0.243. The molecule has 3 heterocycles. The third-order valence-corrected chi connectivity index (χ3v) is 6.91. The van der Waals surface area contributed by atoms with Crippen molar-refractivity contribution >= 4 is 17.5 Å². The molecule has 1 amide bonds. The highest BCUT2D eigenvalue weighted by Crippen LogP contribution is 2.32. The third kappa shape index (κ3) is 6.58. The topological polar surface area (TPSA) is 78.7 Å². The Bertz CT molecular complexity index is 1660. The van der Waals surface area contributed by atoms with Gasteiger partial charge in [0.05, 0.1) is 23.6 Å². The van der Waals surface area contributed by atoms with E-state index in [0.29, 0.717) is 37.0 Å². The number of nitrogens with one attached hydrogen (secondary N) is 1. The van der Waals surface area contributed by atoms with Crippen LogP contribution in [0.1, 0.15) is 23.6 Å². The van der Waals surface area contributed by atoms with Crippen LogP contribution in [0.3, 0.4) is 0 Å². The van der Waals surface area contributed by atoms with Crippen LogP contribution in [-0.4, -0.2) is 62.7 Å². The van der Waals surface area contributed by atoms with Crippen molar-refractivity contribution in [2.75, 3.05) is 33.0 Å². The predicted molar refractivity (Wildman–Crippen MR) is 160 cm³/mol. The molecule has 0 unspecified atom stereocenters. The number of carbonyl (C=O) groups is 1. The maximum Gasteiger partial charge on any atom is 0.236 e. The number of hydrogen-bond acceptors (Lipinski definition) is 6. The molecule has 5 rings (SSSR count). The number of rotatable bonds is 10. The van der Waals surface area contributed by atoms with Crippen LogP contribution in [0.25, 0.3) is 28.3 Å². The Balaban J connectivity index is 1.49. The van der Waals surface area contributed by atoms with E-state index in [1.807, 2.05) is 40.7 Å². The van der Waals surface area contributed by atoms with Gasteiger partial charge in [-0.25, -0.2) is 19.3 Å². The normalized spacial score (nSPS) is 11.3. The van der Waals surface area contributed by atoms with E-state index in [1.54, 1.807) is 37.3 Å². The zero-order valence-corrected chi connectivity index (χ0v) is 23.8. The van der Waals surface area contributed by atoms with Gasteiger partial charge < -0.3 is 10.2 Å². The lowest BCUT2D eigenvalue weighted by molar-refractivity contribution is -0.129. The Hall–Kier alpha value is -4.63. The number of nitrogens with zero attached hydrogens (tertiary/aromatic N) is 6. The van der Waals surface area contributed by atoms with Crippen LogP contribution in [0.2, 0.25) is 0 Å². The first-order chi connectivity index (χ1) is 19.8. The summed E-state index contributed by atoms with van der Waals surface area (Å²) in [6.45, 7) is 3.65. The van der Waals surface area contributed by atoms with Gasteiger partial charge in [0, 0.05) is 45.1 Å². The largest absolute Gasteiger partial charge is 0.350 e. The number of aryl methyl sites for hydroxylation is 1. The minimum Gasteiger partial charge on any atom is -0.350 e. The summed E-state index contributed by atoms with van der Waals surface area (Å²) >= 11 is 0. The van der Waals surface area contributed by atoms with Gasteiger partial charge in [-0.3, -0.25) is 14.1 Å². The van der Waals surface area contributed by atoms with Gasteiger partial charge in [0.15, 0.2) is 0 Å². The van der Waals surface area contributed by atoms with Crippen molar-refractivity contribution in [2.24, 2.45) is 0 Å². The molecule has 0 radical (unpaired) electrons. The van der Waals surface area contributed by atoms with Crippen molar-refractivity contribution in [1.82, 2.24) is 29.2 Å². The van der Waals surface area contributed by atoms with E-state index in [1.165, 1.54) is 17.7 Å². The minimum absolute atomic E-state index is 0.0431. The van der Waals surface area contributed by atoms with Crippen LogP contribution in [0.15, 0.2) is 79.1 Å². The Labute approximate surface area is 239 Å². The molecule has 3 aromatic heterocycles. The van der Waals surface area contributed by atoms with Crippen molar-refractivity contribution in [3.63, 3.8) is 0 Å². The molecule has 41 heavy (non-hydrogen) atoms. The molecular weight excluding hydrogens is 517 g/mol. The van der Waals surface area contributed by atoms with E-state index in [0.717, 1.165) is 34.5 Å². The van der Waals surface area contributed by atoms with Crippen molar-refractivity contribution < 1.29 is 9.18 Å². The maximum atomic E-state index is 13.8. The summed E-state index contributed by atoms with van der Waals surface area (Å²) < 4.78 is 15.8. The molecular formula is C32H34FN7O. The van der Waals surface area contributed by atoms with E-state index >= 15 is 0 Å². The number of aromatic nitrogens is 4. The van der Waals surface area contributed by atoms with Gasteiger partial charge in [-0.15, -0.1) is 0 Å². The van der Waals surface area contributed by atoms with Crippen LogP contribution in [0.4, 0.5) is 10.3 Å². The second kappa shape index (κ2) is 12.3. The zero-order chi connectivity index (χ0) is 28.9. The number of carbonyl (C=O) groups excluding carboxylic acids is 1. The first-order valence-electron chi connectivity index (χ1n) is 13.6. The molecule has 9 heteroatoms. The Morgan fingerprint density at radius 1 is 0.951 bits per heavy atom. The van der Waals surface area contributed by atoms with Crippen molar-refractivity contribution in [1.29, 1.82) is 0 Å². The van der Waals surface area contributed by atoms with Crippen molar-refractivity contribution in [3.05, 3.63) is 102 Å². The van der Waals surface area contributed by atoms with E-state index < -0.39 is 0 Å². The van der Waals surface area contributed by atoms with Gasteiger partial charge in [-0.1, -0.05) is 31.2 Å². The van der Waals surface area contributed by atoms with Gasteiger partial charge >= 0.3 is 0 Å². The molecule has 5 aromatic rings. The van der Waals surface area contributed by atoms with Crippen molar-refractivity contribution in [2.45, 2.75) is 26.4 Å². The van der Waals surface area contributed by atoms with Gasteiger partial charge in [0.1, 0.15) is 11.5 Å². The molecule has 0 aliphatic carbocycles. The fraction of sp³-hybridized carbons (Fsp3) is 0.250. The first kappa shape index (κ1) is 27.9. The zero-order valence-electron chi connectivity index (χ0n) is 23.8. The SMILES string of the molecule is CCc1cccc(CNc2nccc(-c3c(-c4ccc(F)cc4)nc4cc(CN(C)CC(=O)N(C)C)ccn34)n2)c1. The van der Waals surface area contributed by atoms with Crippen LogP contribution in [-0.2, 0) is 24.3 Å². The molecule has 0 aliphatic rings. The summed E-state index contributed by atoms with van der Waals surface area (Å²) in [6.07, 6.45) is 4.67. The summed E-state index contributed by atoms with van der Waals surface area (Å²) in [5, 5.41) is 3.35. The van der Waals surface area contributed by atoms with Crippen LogP contribution in [0.5, 0.6) is 0 Å². The quantitative estimate of drug-likeness (QED) is 0.254. The van der Waals surface area contributed by atoms with Crippen LogP contribution < -0.4 is 5.32 Å². The second-order valence-electron chi connectivity index (χ2n) is 10.3. The van der Waals surface area contributed by atoms with Gasteiger partial charge in [-0.2, -0.15) is 0 Å². The Kier molecular flexibility index (Phi) is 8.35. The fourth-order valence-corrected chi connectivity index (χ4v) is 4.70. The third-order valence-electron chi connectivity index (χ3n) is 6.91. The number of pyridine rings is 1. The highest BCUT2D eigenvalue weighted by atomic mass is 19.1. The van der Waals surface area contributed by atoms with Gasteiger partial charge in [0.2, 0.25) is 11.9 Å². The number of hydrogen-bond donors (Lipinski definition) is 1. The number of anilines is 1. The lowest BCUT2D eigenvalue weighted by Crippen LogP contribution is -2.34. The van der Waals surface area contributed by atoms with Crippen molar-refractivity contribution in [3.8, 4) is 22.6 Å². The van der Waals surface area contributed by atoms with Gasteiger partial charge in [-0.05, 0) is 72.6 Å². The highest BCUT2D eigenvalue weighted by Gasteiger charge is 2.19. The average molecular weight is 552 g/mol. The smallest absolute Gasteiger partial charge is 0.236 e. The van der Waals surface area contributed by atoms with E-state index in [9.17, 15) is 9.18 Å².